The molecule has 2 heteroatoms. The van der Waals surface area contributed by atoms with Gasteiger partial charge in [0.25, 0.3) is 0 Å². The highest BCUT2D eigenvalue weighted by Crippen LogP contribution is 2.30. The summed E-state index contributed by atoms with van der Waals surface area (Å²) in [4.78, 5) is 11.9. The van der Waals surface area contributed by atoms with Crippen LogP contribution in [0, 0.1) is 6.92 Å². The second-order valence-electron chi connectivity index (χ2n) is 4.38. The number of carbonyl (C=O) groups is 1. The second-order valence-corrected chi connectivity index (χ2v) is 4.38. The molecule has 1 aliphatic heterocycles. The van der Waals surface area contributed by atoms with Crippen LogP contribution in [0.15, 0.2) is 12.1 Å². The van der Waals surface area contributed by atoms with Crippen LogP contribution in [0.25, 0.3) is 0 Å². The molecule has 0 aliphatic carbocycles. The predicted octanol–water partition coefficient (Wildman–Crippen LogP) is 3.30. The Morgan fingerprint density at radius 1 is 1.38 bits per heavy atom. The van der Waals surface area contributed by atoms with E-state index in [4.69, 9.17) is 4.74 Å². The molecule has 0 unspecified atom stereocenters. The first-order chi connectivity index (χ1) is 7.72. The molecule has 0 spiro atoms. The third-order valence-corrected chi connectivity index (χ3v) is 3.02. The standard InChI is InChI=1S/C14H18O2/c1-3-13(15)12-9-10(2)8-11-6-4-5-7-16-14(11)12/h8-9H,3-7H2,1-2H3. The third kappa shape index (κ3) is 2.11. The minimum Gasteiger partial charge on any atom is -0.493 e. The smallest absolute Gasteiger partial charge is 0.166 e. The molecule has 1 aliphatic rings. The maximum Gasteiger partial charge on any atom is 0.166 e. The van der Waals surface area contributed by atoms with Gasteiger partial charge >= 0.3 is 0 Å². The van der Waals surface area contributed by atoms with Crippen molar-refractivity contribution < 1.29 is 9.53 Å². The van der Waals surface area contributed by atoms with Gasteiger partial charge in [0, 0.05) is 6.42 Å². The van der Waals surface area contributed by atoms with Crippen LogP contribution in [-0.2, 0) is 6.42 Å². The molecule has 0 radical (unpaired) electrons. The van der Waals surface area contributed by atoms with Crippen molar-refractivity contribution in [2.45, 2.75) is 39.5 Å². The summed E-state index contributed by atoms with van der Waals surface area (Å²) in [5, 5.41) is 0. The van der Waals surface area contributed by atoms with Gasteiger partial charge in [-0.1, -0.05) is 13.0 Å². The minimum atomic E-state index is 0.182. The Balaban J connectivity index is 2.50. The van der Waals surface area contributed by atoms with Crippen molar-refractivity contribution in [3.05, 3.63) is 28.8 Å². The number of rotatable bonds is 2. The molecular weight excluding hydrogens is 200 g/mol. The quantitative estimate of drug-likeness (QED) is 0.712. The average molecular weight is 218 g/mol. The summed E-state index contributed by atoms with van der Waals surface area (Å²) in [5.41, 5.74) is 3.13. The first-order valence-electron chi connectivity index (χ1n) is 6.02. The zero-order chi connectivity index (χ0) is 11.5. The predicted molar refractivity (Wildman–Crippen MR) is 64.2 cm³/mol. The summed E-state index contributed by atoms with van der Waals surface area (Å²) in [6.07, 6.45) is 3.80. The topological polar surface area (TPSA) is 26.3 Å². The number of Topliss-reactive ketones (excluding diaryl/α,β-unsaturated/α-hetero) is 1. The molecule has 0 saturated carbocycles. The van der Waals surface area contributed by atoms with Crippen LogP contribution in [0.4, 0.5) is 0 Å². The fourth-order valence-electron chi connectivity index (χ4n) is 2.19. The minimum absolute atomic E-state index is 0.182. The van der Waals surface area contributed by atoms with Crippen molar-refractivity contribution in [1.29, 1.82) is 0 Å². The van der Waals surface area contributed by atoms with Crippen LogP contribution >= 0.6 is 0 Å². The lowest BCUT2D eigenvalue weighted by Crippen LogP contribution is -2.05. The molecule has 86 valence electrons. The molecular formula is C14H18O2. The number of ketones is 1. The molecule has 0 N–H and O–H groups in total. The van der Waals surface area contributed by atoms with Gasteiger partial charge in [-0.15, -0.1) is 0 Å². The summed E-state index contributed by atoms with van der Waals surface area (Å²) in [6.45, 7) is 4.67. The summed E-state index contributed by atoms with van der Waals surface area (Å²) >= 11 is 0. The monoisotopic (exact) mass is 218 g/mol. The Kier molecular flexibility index (Phi) is 3.28. The number of hydrogen-bond donors (Lipinski definition) is 0. The van der Waals surface area contributed by atoms with E-state index in [0.29, 0.717) is 6.42 Å². The van der Waals surface area contributed by atoms with Crippen LogP contribution in [0.3, 0.4) is 0 Å². The van der Waals surface area contributed by atoms with Gasteiger partial charge in [-0.25, -0.2) is 0 Å². The van der Waals surface area contributed by atoms with E-state index in [2.05, 4.69) is 6.07 Å². The molecule has 0 bridgehead atoms. The van der Waals surface area contributed by atoms with Crippen molar-refractivity contribution in [3.8, 4) is 5.75 Å². The summed E-state index contributed by atoms with van der Waals surface area (Å²) in [7, 11) is 0. The highest BCUT2D eigenvalue weighted by molar-refractivity contribution is 5.99. The maximum atomic E-state index is 11.9. The number of carbonyl (C=O) groups excluding carboxylic acids is 1. The van der Waals surface area contributed by atoms with E-state index in [1.165, 1.54) is 5.56 Å². The maximum absolute atomic E-state index is 11.9. The zero-order valence-electron chi connectivity index (χ0n) is 10.0. The Bertz CT molecular complexity index is 407. The zero-order valence-corrected chi connectivity index (χ0v) is 10.0. The van der Waals surface area contributed by atoms with Crippen molar-refractivity contribution in [3.63, 3.8) is 0 Å². The normalized spacial score (nSPS) is 14.9. The molecule has 0 atom stereocenters. The molecule has 0 amide bonds. The molecule has 1 heterocycles. The number of fused-ring (bicyclic) bond motifs is 1. The van der Waals surface area contributed by atoms with Crippen molar-refractivity contribution >= 4 is 5.78 Å². The lowest BCUT2D eigenvalue weighted by Gasteiger charge is -2.13. The molecule has 1 aromatic carbocycles. The number of benzene rings is 1. The Morgan fingerprint density at radius 3 is 2.94 bits per heavy atom. The van der Waals surface area contributed by atoms with E-state index >= 15 is 0 Å². The van der Waals surface area contributed by atoms with Crippen molar-refractivity contribution in [2.75, 3.05) is 6.61 Å². The largest absolute Gasteiger partial charge is 0.493 e. The highest BCUT2D eigenvalue weighted by atomic mass is 16.5. The van der Waals surface area contributed by atoms with E-state index in [1.54, 1.807) is 0 Å². The molecule has 2 rings (SSSR count). The fraction of sp³-hybridized carbons (Fsp3) is 0.500. The highest BCUT2D eigenvalue weighted by Gasteiger charge is 2.17. The van der Waals surface area contributed by atoms with Gasteiger partial charge in [0.15, 0.2) is 5.78 Å². The van der Waals surface area contributed by atoms with E-state index in [-0.39, 0.29) is 5.78 Å². The van der Waals surface area contributed by atoms with Gasteiger partial charge in [0.05, 0.1) is 12.2 Å². The van der Waals surface area contributed by atoms with E-state index in [0.717, 1.165) is 42.7 Å². The molecule has 0 saturated heterocycles. The number of aryl methyl sites for hydroxylation is 2. The number of hydrogen-bond acceptors (Lipinski definition) is 2. The first kappa shape index (κ1) is 11.2. The van der Waals surface area contributed by atoms with Crippen LogP contribution in [0.5, 0.6) is 5.75 Å². The Morgan fingerprint density at radius 2 is 2.19 bits per heavy atom. The molecule has 0 aromatic heterocycles. The van der Waals surface area contributed by atoms with Gasteiger partial charge in [-0.3, -0.25) is 4.79 Å². The van der Waals surface area contributed by atoms with Gasteiger partial charge in [0.2, 0.25) is 0 Å². The van der Waals surface area contributed by atoms with Gasteiger partial charge in [-0.05, 0) is 43.4 Å². The van der Waals surface area contributed by atoms with E-state index in [1.807, 2.05) is 19.9 Å². The molecule has 1 aromatic rings. The van der Waals surface area contributed by atoms with Crippen LogP contribution in [0.2, 0.25) is 0 Å². The average Bonchev–Trinajstić information content (AvgIpc) is 2.51. The van der Waals surface area contributed by atoms with Gasteiger partial charge in [0.1, 0.15) is 5.75 Å². The Hall–Kier alpha value is -1.31. The fourth-order valence-corrected chi connectivity index (χ4v) is 2.19. The molecule has 16 heavy (non-hydrogen) atoms. The number of ether oxygens (including phenoxy) is 1. The summed E-state index contributed by atoms with van der Waals surface area (Å²) in [6, 6.07) is 4.10. The molecule has 0 fully saturated rings. The lowest BCUT2D eigenvalue weighted by molar-refractivity contribution is 0.0984. The van der Waals surface area contributed by atoms with Gasteiger partial charge in [-0.2, -0.15) is 0 Å². The van der Waals surface area contributed by atoms with E-state index < -0.39 is 0 Å². The SMILES string of the molecule is CCC(=O)c1cc(C)cc2c1OCCCC2. The van der Waals surface area contributed by atoms with Crippen molar-refractivity contribution in [1.82, 2.24) is 0 Å². The Labute approximate surface area is 96.6 Å². The van der Waals surface area contributed by atoms with Crippen LogP contribution in [-0.4, -0.2) is 12.4 Å². The van der Waals surface area contributed by atoms with Crippen LogP contribution in [0.1, 0.15) is 47.7 Å². The third-order valence-electron chi connectivity index (χ3n) is 3.02. The van der Waals surface area contributed by atoms with Gasteiger partial charge < -0.3 is 4.74 Å². The lowest BCUT2D eigenvalue weighted by atomic mass is 9.98. The second kappa shape index (κ2) is 4.69. The first-order valence-corrected chi connectivity index (χ1v) is 6.02. The summed E-state index contributed by atoms with van der Waals surface area (Å²) < 4.78 is 5.74. The van der Waals surface area contributed by atoms with Crippen LogP contribution < -0.4 is 4.74 Å². The van der Waals surface area contributed by atoms with E-state index in [9.17, 15) is 4.79 Å². The van der Waals surface area contributed by atoms with Crippen molar-refractivity contribution in [2.24, 2.45) is 0 Å². The summed E-state index contributed by atoms with van der Waals surface area (Å²) in [5.74, 6) is 1.02. The molecule has 2 nitrogen and oxygen atoms in total.